The van der Waals surface area contributed by atoms with Crippen LogP contribution in [0.5, 0.6) is 5.75 Å². The van der Waals surface area contributed by atoms with Gasteiger partial charge in [-0.05, 0) is 91.6 Å². The number of carbonyl (C=O) groups is 1. The van der Waals surface area contributed by atoms with Gasteiger partial charge in [-0.15, -0.1) is 0 Å². The Kier molecular flexibility index (Phi) is 22.9. The minimum atomic E-state index is -2.18. The molecular formula is C52H86O9Si. The number of allylic oxidation sites excluding steroid dienone is 3. The lowest BCUT2D eigenvalue weighted by atomic mass is 9.83. The number of hydrogen-bond donors (Lipinski definition) is 1. The monoisotopic (exact) mass is 883 g/mol. The quantitative estimate of drug-likeness (QED) is 0.132. The van der Waals surface area contributed by atoms with Crippen LogP contribution < -0.4 is 4.74 Å². The topological polar surface area (TPSA) is 102 Å². The number of ether oxygens (including phenoxy) is 6. The van der Waals surface area contributed by atoms with Crippen molar-refractivity contribution in [2.75, 3.05) is 27.9 Å². The summed E-state index contributed by atoms with van der Waals surface area (Å²) in [5.74, 6) is 0.566. The van der Waals surface area contributed by atoms with Crippen LogP contribution >= 0.6 is 0 Å². The highest BCUT2D eigenvalue weighted by Crippen LogP contribution is 2.43. The van der Waals surface area contributed by atoms with Crippen molar-refractivity contribution in [3.8, 4) is 5.75 Å². The van der Waals surface area contributed by atoms with Gasteiger partial charge in [-0.2, -0.15) is 0 Å². The number of fused-ring (bicyclic) bond motifs is 2. The first kappa shape index (κ1) is 53.8. The van der Waals surface area contributed by atoms with E-state index >= 15 is 0 Å². The molecule has 1 saturated heterocycles. The van der Waals surface area contributed by atoms with Crippen LogP contribution in [0.4, 0.5) is 0 Å². The molecule has 0 aromatic heterocycles. The van der Waals surface area contributed by atoms with Gasteiger partial charge in [0.05, 0.1) is 37.6 Å². The Labute approximate surface area is 378 Å². The predicted octanol–water partition coefficient (Wildman–Crippen LogP) is 12.1. The van der Waals surface area contributed by atoms with Gasteiger partial charge in [0.25, 0.3) is 0 Å². The first-order chi connectivity index (χ1) is 29.4. The number of methoxy groups -OCH3 is 3. The molecule has 0 spiro atoms. The highest BCUT2D eigenvalue weighted by Gasteiger charge is 2.46. The van der Waals surface area contributed by atoms with Crippen LogP contribution in [0.25, 0.3) is 0 Å². The third-order valence-corrected chi connectivity index (χ3v) is 20.0. The highest BCUT2D eigenvalue weighted by molar-refractivity contribution is 6.77. The van der Waals surface area contributed by atoms with E-state index in [1.807, 2.05) is 43.3 Å². The van der Waals surface area contributed by atoms with E-state index in [2.05, 4.69) is 94.4 Å². The maximum atomic E-state index is 13.6. The lowest BCUT2D eigenvalue weighted by molar-refractivity contribution is -0.280. The first-order valence-electron chi connectivity index (χ1n) is 23.6. The summed E-state index contributed by atoms with van der Waals surface area (Å²) < 4.78 is 44.1. The molecule has 62 heavy (non-hydrogen) atoms. The van der Waals surface area contributed by atoms with Crippen molar-refractivity contribution >= 4 is 14.3 Å². The Bertz CT molecular complexity index is 1550. The maximum Gasteiger partial charge on any atom is 0.331 e. The molecule has 1 N–H and O–H groups in total. The van der Waals surface area contributed by atoms with E-state index in [1.165, 1.54) is 11.6 Å². The molecule has 0 unspecified atom stereocenters. The molecule has 2 aliphatic heterocycles. The second-order valence-corrected chi connectivity index (χ2v) is 24.9. The summed E-state index contributed by atoms with van der Waals surface area (Å²) in [7, 11) is 3.02. The number of hydrogen-bond acceptors (Lipinski definition) is 9. The lowest BCUT2D eigenvalue weighted by Crippen LogP contribution is -2.50. The Morgan fingerprint density at radius 3 is 2.06 bits per heavy atom. The molecule has 12 atom stereocenters. The van der Waals surface area contributed by atoms with E-state index in [4.69, 9.17) is 32.8 Å². The molecule has 0 radical (unpaired) electrons. The zero-order valence-electron chi connectivity index (χ0n) is 41.2. The van der Waals surface area contributed by atoms with Gasteiger partial charge in [0.15, 0.2) is 14.6 Å². The van der Waals surface area contributed by atoms with Crippen LogP contribution in [0.1, 0.15) is 133 Å². The molecule has 352 valence electrons. The Morgan fingerprint density at radius 1 is 0.806 bits per heavy atom. The first-order valence-corrected chi connectivity index (χ1v) is 25.7. The van der Waals surface area contributed by atoms with Crippen molar-refractivity contribution in [3.63, 3.8) is 0 Å². The summed E-state index contributed by atoms with van der Waals surface area (Å²) in [4.78, 5) is 13.6. The minimum Gasteiger partial charge on any atom is -0.497 e. The van der Waals surface area contributed by atoms with Crippen molar-refractivity contribution in [2.45, 2.75) is 181 Å². The van der Waals surface area contributed by atoms with Crippen LogP contribution in [0, 0.1) is 29.6 Å². The van der Waals surface area contributed by atoms with Gasteiger partial charge in [0.2, 0.25) is 0 Å². The number of aliphatic hydroxyl groups is 1. The van der Waals surface area contributed by atoms with E-state index in [9.17, 15) is 9.90 Å². The van der Waals surface area contributed by atoms with E-state index in [-0.39, 0.29) is 48.1 Å². The van der Waals surface area contributed by atoms with Crippen molar-refractivity contribution in [3.05, 3.63) is 77.9 Å². The standard InChI is InChI=1S/C52H86O9Si/c1-34(2)62(35(3)4,36(5)6)58-33-40(10)51-41(11)46(53)21-19-20-45(56-14)32-37(7)24-25-38(8)47(57-15)31-26-39(9)50-42(12)48(22-17-16-18-23-49(54)60-51)59-52(61-50)43-27-29-44(55-13)30-28-43/h16-20,23,25,27-30,34-37,39-42,45-48,50-53H,21-22,24,26,31-33H2,1-15H3/b17-16+,20-19+,23-18+,38-25+/t37-,39-,40+,41-,42-,45+,46+,47+,48-,50-,51+,52+/m1/s1. The number of aliphatic hydroxyl groups excluding tert-OH is 1. The minimum absolute atomic E-state index is 0.0119. The van der Waals surface area contributed by atoms with Crippen molar-refractivity contribution in [2.24, 2.45) is 29.6 Å². The number of rotatable bonds is 11. The van der Waals surface area contributed by atoms with Crippen LogP contribution in [0.15, 0.2) is 72.4 Å². The van der Waals surface area contributed by atoms with Crippen LogP contribution in [0.3, 0.4) is 0 Å². The lowest BCUT2D eigenvalue weighted by Gasteiger charge is -2.43. The molecule has 2 heterocycles. The summed E-state index contributed by atoms with van der Waals surface area (Å²) in [6.45, 7) is 27.1. The molecule has 3 rings (SSSR count). The van der Waals surface area contributed by atoms with Crippen LogP contribution in [0.2, 0.25) is 16.6 Å². The van der Waals surface area contributed by atoms with Crippen LogP contribution in [-0.2, 0) is 32.9 Å². The number of carbonyl (C=O) groups excluding carboxylic acids is 1. The Balaban J connectivity index is 1.96. The summed E-state index contributed by atoms with van der Waals surface area (Å²) in [5.41, 5.74) is 3.45. The smallest absolute Gasteiger partial charge is 0.331 e. The second kappa shape index (κ2) is 26.4. The van der Waals surface area contributed by atoms with Gasteiger partial charge >= 0.3 is 5.97 Å². The van der Waals surface area contributed by atoms with Crippen molar-refractivity contribution in [1.82, 2.24) is 0 Å². The molecule has 1 aromatic rings. The fourth-order valence-electron chi connectivity index (χ4n) is 10.0. The summed E-state index contributed by atoms with van der Waals surface area (Å²) in [6.07, 6.45) is 16.1. The van der Waals surface area contributed by atoms with Crippen molar-refractivity contribution < 1.29 is 42.7 Å². The molecule has 10 heteroatoms. The predicted molar refractivity (Wildman–Crippen MR) is 255 cm³/mol. The molecule has 0 saturated carbocycles. The number of benzene rings is 1. The third kappa shape index (κ3) is 15.3. The zero-order valence-corrected chi connectivity index (χ0v) is 42.2. The SMILES string of the molecule is COc1ccc([C@@H]2O[C@H]3[C@H](C)[C@@H](C/C=C/C=C/C(=O)O[C@@H]([C@@H](C)CO[Si](C(C)C)(C(C)C)C(C)C)[C@H](C)[C@@H](O)C/C=C/[C@H](OC)C[C@H](C)C/C=C(\C)[C@@H](OC)CC[C@H]3C)O2)cc1. The number of esters is 1. The molecule has 1 fully saturated rings. The van der Waals surface area contributed by atoms with Crippen LogP contribution in [-0.4, -0.2) is 84.0 Å². The van der Waals surface area contributed by atoms with Gasteiger partial charge in [-0.3, -0.25) is 0 Å². The van der Waals surface area contributed by atoms with E-state index in [0.29, 0.717) is 42.0 Å². The molecule has 1 aromatic carbocycles. The summed E-state index contributed by atoms with van der Waals surface area (Å²) in [6, 6.07) is 7.88. The molecular weight excluding hydrogens is 797 g/mol. The largest absolute Gasteiger partial charge is 0.497 e. The van der Waals surface area contributed by atoms with Gasteiger partial charge in [0.1, 0.15) is 11.9 Å². The van der Waals surface area contributed by atoms with E-state index in [0.717, 1.165) is 37.0 Å². The third-order valence-electron chi connectivity index (χ3n) is 13.9. The normalized spacial score (nSPS) is 33.6. The van der Waals surface area contributed by atoms with Gasteiger partial charge in [0, 0.05) is 50.2 Å². The maximum absolute atomic E-state index is 13.6. The molecule has 0 amide bonds. The molecule has 0 aliphatic carbocycles. The molecule has 9 nitrogen and oxygen atoms in total. The average Bonchev–Trinajstić information content (AvgIpc) is 3.24. The van der Waals surface area contributed by atoms with Gasteiger partial charge < -0.3 is 38.0 Å². The van der Waals surface area contributed by atoms with Gasteiger partial charge in [-0.1, -0.05) is 125 Å². The fraction of sp³-hybridized carbons (Fsp3) is 0.712. The summed E-state index contributed by atoms with van der Waals surface area (Å²) in [5, 5.41) is 11.6. The Hall–Kier alpha value is -2.57. The molecule has 2 bridgehead atoms. The van der Waals surface area contributed by atoms with E-state index in [1.54, 1.807) is 27.4 Å². The highest BCUT2D eigenvalue weighted by atomic mass is 28.4. The van der Waals surface area contributed by atoms with E-state index < -0.39 is 32.8 Å². The molecule has 2 aliphatic rings. The second-order valence-electron chi connectivity index (χ2n) is 19.4. The van der Waals surface area contributed by atoms with Crippen molar-refractivity contribution in [1.29, 1.82) is 0 Å². The zero-order chi connectivity index (χ0) is 46.1. The van der Waals surface area contributed by atoms with Gasteiger partial charge in [-0.25, -0.2) is 4.79 Å². The fourth-order valence-corrected chi connectivity index (χ4v) is 15.6. The Morgan fingerprint density at radius 2 is 1.47 bits per heavy atom. The summed E-state index contributed by atoms with van der Waals surface area (Å²) >= 11 is 0. The average molecular weight is 883 g/mol. The number of cyclic esters (lactones) is 1.